The molecule has 0 radical (unpaired) electrons. The average Bonchev–Trinajstić information content (AvgIpc) is 3.13. The number of rotatable bonds is 10. The molecular weight excluding hydrogens is 462 g/mol. The maximum Gasteiger partial charge on any atom is 0.586 e. The molecule has 1 atom stereocenters. The second kappa shape index (κ2) is 10.7. The SMILES string of the molecule is CCN(c1ccc(C(COC)CC(=O)O)cc1Nc1ccc2c(c1)OC(F)(F)O2)C1CCOCC1. The topological polar surface area (TPSA) is 89.5 Å². The van der Waals surface area contributed by atoms with Crippen LogP contribution in [-0.4, -0.2) is 56.9 Å². The van der Waals surface area contributed by atoms with Gasteiger partial charge in [0.05, 0.1) is 24.4 Å². The maximum atomic E-state index is 13.5. The quantitative estimate of drug-likeness (QED) is 0.481. The Bertz CT molecular complexity index is 1040. The molecule has 4 rings (SSSR count). The van der Waals surface area contributed by atoms with Crippen LogP contribution >= 0.6 is 0 Å². The highest BCUT2D eigenvalue weighted by Gasteiger charge is 2.43. The standard InChI is InChI=1S/C25H30F2N2O6/c1-3-29(19-8-10-33-11-9-19)21-6-4-16(17(15-32-2)13-24(30)31)12-20(21)28-18-5-7-22-23(14-18)35-25(26,27)34-22/h4-7,12,14,17,19,28H,3,8-11,13,15H2,1-2H3,(H,30,31). The predicted octanol–water partition coefficient (Wildman–Crippen LogP) is 4.96. The number of hydrogen-bond donors (Lipinski definition) is 2. The number of benzene rings is 2. The summed E-state index contributed by atoms with van der Waals surface area (Å²) in [5, 5.41) is 12.7. The number of aliphatic carboxylic acids is 1. The monoisotopic (exact) mass is 492 g/mol. The van der Waals surface area contributed by atoms with Crippen LogP contribution in [0, 0.1) is 0 Å². The first-order valence-corrected chi connectivity index (χ1v) is 11.7. The number of halogens is 2. The van der Waals surface area contributed by atoms with Gasteiger partial charge < -0.3 is 34.3 Å². The van der Waals surface area contributed by atoms with E-state index in [0.717, 1.165) is 36.3 Å². The van der Waals surface area contributed by atoms with Crippen LogP contribution in [0.15, 0.2) is 36.4 Å². The Morgan fingerprint density at radius 3 is 2.63 bits per heavy atom. The van der Waals surface area contributed by atoms with Gasteiger partial charge in [0.2, 0.25) is 0 Å². The number of methoxy groups -OCH3 is 1. The number of ether oxygens (including phenoxy) is 4. The van der Waals surface area contributed by atoms with Gasteiger partial charge in [-0.1, -0.05) is 6.07 Å². The van der Waals surface area contributed by atoms with Gasteiger partial charge in [0.15, 0.2) is 11.5 Å². The van der Waals surface area contributed by atoms with E-state index in [1.54, 1.807) is 6.07 Å². The van der Waals surface area contributed by atoms with Crippen molar-refractivity contribution in [1.82, 2.24) is 0 Å². The van der Waals surface area contributed by atoms with E-state index in [0.29, 0.717) is 18.9 Å². The number of nitrogens with zero attached hydrogens (tertiary/aromatic N) is 1. The minimum atomic E-state index is -3.70. The maximum absolute atomic E-state index is 13.5. The molecule has 0 spiro atoms. The molecule has 2 aromatic rings. The minimum absolute atomic E-state index is 0.0338. The summed E-state index contributed by atoms with van der Waals surface area (Å²) < 4.78 is 46.9. The van der Waals surface area contributed by atoms with Crippen molar-refractivity contribution in [3.8, 4) is 11.5 Å². The number of alkyl halides is 2. The molecule has 2 aliphatic heterocycles. The fourth-order valence-electron chi connectivity index (χ4n) is 4.65. The zero-order chi connectivity index (χ0) is 25.0. The summed E-state index contributed by atoms with van der Waals surface area (Å²) in [6.45, 7) is 4.46. The van der Waals surface area contributed by atoms with Gasteiger partial charge >= 0.3 is 12.3 Å². The molecule has 2 aliphatic rings. The fraction of sp³-hybridized carbons (Fsp3) is 0.480. The predicted molar refractivity (Wildman–Crippen MR) is 126 cm³/mol. The average molecular weight is 493 g/mol. The van der Waals surface area contributed by atoms with Crippen molar-refractivity contribution in [3.05, 3.63) is 42.0 Å². The lowest BCUT2D eigenvalue weighted by Gasteiger charge is -2.37. The van der Waals surface area contributed by atoms with E-state index in [4.69, 9.17) is 9.47 Å². The number of hydrogen-bond acceptors (Lipinski definition) is 7. The highest BCUT2D eigenvalue weighted by atomic mass is 19.3. The van der Waals surface area contributed by atoms with Crippen molar-refractivity contribution >= 4 is 23.0 Å². The summed E-state index contributed by atoms with van der Waals surface area (Å²) in [5.41, 5.74) is 2.99. The van der Waals surface area contributed by atoms with Crippen molar-refractivity contribution in [2.45, 2.75) is 44.4 Å². The molecule has 2 N–H and O–H groups in total. The number of carboxylic acid groups (broad SMARTS) is 1. The van der Waals surface area contributed by atoms with Crippen LogP contribution in [0.4, 0.5) is 25.8 Å². The minimum Gasteiger partial charge on any atom is -0.481 e. The molecular formula is C25H30F2N2O6. The van der Waals surface area contributed by atoms with Gasteiger partial charge in [-0.2, -0.15) is 0 Å². The molecule has 2 heterocycles. The van der Waals surface area contributed by atoms with E-state index in [1.165, 1.54) is 19.2 Å². The molecule has 190 valence electrons. The van der Waals surface area contributed by atoms with Gasteiger partial charge in [-0.15, -0.1) is 8.78 Å². The van der Waals surface area contributed by atoms with Crippen molar-refractivity contribution in [1.29, 1.82) is 0 Å². The summed E-state index contributed by atoms with van der Waals surface area (Å²) >= 11 is 0. The van der Waals surface area contributed by atoms with Crippen LogP contribution < -0.4 is 19.7 Å². The smallest absolute Gasteiger partial charge is 0.481 e. The first kappa shape index (κ1) is 25.0. The molecule has 0 aliphatic carbocycles. The van der Waals surface area contributed by atoms with Crippen LogP contribution in [0.1, 0.15) is 37.7 Å². The van der Waals surface area contributed by atoms with Crippen LogP contribution in [-0.2, 0) is 14.3 Å². The lowest BCUT2D eigenvalue weighted by atomic mass is 9.94. The third-order valence-corrected chi connectivity index (χ3v) is 6.24. The van der Waals surface area contributed by atoms with Crippen LogP contribution in [0.2, 0.25) is 0 Å². The largest absolute Gasteiger partial charge is 0.586 e. The number of carboxylic acids is 1. The van der Waals surface area contributed by atoms with Gasteiger partial charge in [-0.3, -0.25) is 4.79 Å². The zero-order valence-corrected chi connectivity index (χ0v) is 19.8. The molecule has 8 nitrogen and oxygen atoms in total. The Kier molecular flexibility index (Phi) is 7.61. The van der Waals surface area contributed by atoms with Crippen molar-refractivity contribution in [2.75, 3.05) is 43.7 Å². The van der Waals surface area contributed by atoms with Crippen molar-refractivity contribution in [3.63, 3.8) is 0 Å². The number of nitrogens with one attached hydrogen (secondary N) is 1. The second-order valence-electron chi connectivity index (χ2n) is 8.61. The summed E-state index contributed by atoms with van der Waals surface area (Å²) in [6, 6.07) is 10.6. The number of anilines is 3. The summed E-state index contributed by atoms with van der Waals surface area (Å²) in [7, 11) is 1.54. The molecule has 2 aromatic carbocycles. The Labute approximate surface area is 202 Å². The van der Waals surface area contributed by atoms with Gasteiger partial charge in [-0.05, 0) is 49.6 Å². The van der Waals surface area contributed by atoms with Crippen molar-refractivity contribution < 1.29 is 37.6 Å². The first-order chi connectivity index (χ1) is 16.8. The Hall–Kier alpha value is -3.11. The third kappa shape index (κ3) is 5.94. The Morgan fingerprint density at radius 2 is 1.94 bits per heavy atom. The Balaban J connectivity index is 1.70. The van der Waals surface area contributed by atoms with E-state index < -0.39 is 12.3 Å². The lowest BCUT2D eigenvalue weighted by Crippen LogP contribution is -2.39. The van der Waals surface area contributed by atoms with E-state index in [9.17, 15) is 18.7 Å². The highest BCUT2D eigenvalue weighted by molar-refractivity contribution is 5.78. The second-order valence-corrected chi connectivity index (χ2v) is 8.61. The zero-order valence-electron chi connectivity index (χ0n) is 19.8. The van der Waals surface area contributed by atoms with Crippen LogP contribution in [0.25, 0.3) is 0 Å². The van der Waals surface area contributed by atoms with Gasteiger partial charge in [0.1, 0.15) is 0 Å². The number of carbonyl (C=O) groups is 1. The third-order valence-electron chi connectivity index (χ3n) is 6.24. The summed E-state index contributed by atoms with van der Waals surface area (Å²) in [5.74, 6) is -1.36. The molecule has 1 fully saturated rings. The Morgan fingerprint density at radius 1 is 1.20 bits per heavy atom. The van der Waals surface area contributed by atoms with Gasteiger partial charge in [-0.25, -0.2) is 0 Å². The highest BCUT2D eigenvalue weighted by Crippen LogP contribution is 2.43. The van der Waals surface area contributed by atoms with E-state index >= 15 is 0 Å². The van der Waals surface area contributed by atoms with Gasteiger partial charge in [0.25, 0.3) is 0 Å². The van der Waals surface area contributed by atoms with Crippen LogP contribution in [0.5, 0.6) is 11.5 Å². The molecule has 0 saturated carbocycles. The molecule has 0 bridgehead atoms. The summed E-state index contributed by atoms with van der Waals surface area (Å²) in [6.07, 6.45) is -2.00. The summed E-state index contributed by atoms with van der Waals surface area (Å²) in [4.78, 5) is 13.7. The molecule has 1 saturated heterocycles. The molecule has 0 amide bonds. The van der Waals surface area contributed by atoms with E-state index in [1.807, 2.05) is 18.2 Å². The van der Waals surface area contributed by atoms with Crippen LogP contribution in [0.3, 0.4) is 0 Å². The van der Waals surface area contributed by atoms with Gasteiger partial charge in [0, 0.05) is 50.6 Å². The van der Waals surface area contributed by atoms with E-state index in [2.05, 4.69) is 26.6 Å². The molecule has 10 heteroatoms. The van der Waals surface area contributed by atoms with E-state index in [-0.39, 0.29) is 36.5 Å². The number of fused-ring (bicyclic) bond motifs is 1. The first-order valence-electron chi connectivity index (χ1n) is 11.7. The normalized spacial score (nSPS) is 17.7. The molecule has 1 unspecified atom stereocenters. The molecule has 0 aromatic heterocycles. The van der Waals surface area contributed by atoms with Crippen molar-refractivity contribution in [2.24, 2.45) is 0 Å². The molecule has 35 heavy (non-hydrogen) atoms. The lowest BCUT2D eigenvalue weighted by molar-refractivity contribution is -0.286. The fourth-order valence-corrected chi connectivity index (χ4v) is 4.65.